The van der Waals surface area contributed by atoms with E-state index in [9.17, 15) is 0 Å². The summed E-state index contributed by atoms with van der Waals surface area (Å²) >= 11 is 0. The van der Waals surface area contributed by atoms with Gasteiger partial charge < -0.3 is 14.8 Å². The van der Waals surface area contributed by atoms with Crippen LogP contribution in [-0.2, 0) is 9.47 Å². The Balaban J connectivity index is 1.72. The molecular formula is C17H34N2O2. The van der Waals surface area contributed by atoms with E-state index in [-0.39, 0.29) is 0 Å². The van der Waals surface area contributed by atoms with Crippen LogP contribution < -0.4 is 5.32 Å². The maximum Gasteiger partial charge on any atom is 0.0707 e. The number of nitrogens with zero attached hydrogens (tertiary/aromatic N) is 1. The summed E-state index contributed by atoms with van der Waals surface area (Å²) in [6, 6.07) is 0.681. The zero-order valence-corrected chi connectivity index (χ0v) is 14.1. The van der Waals surface area contributed by atoms with Crippen LogP contribution in [0, 0.1) is 5.92 Å². The molecule has 4 heteroatoms. The minimum atomic E-state index is 0.413. The van der Waals surface area contributed by atoms with Gasteiger partial charge >= 0.3 is 0 Å². The zero-order valence-electron chi connectivity index (χ0n) is 14.1. The van der Waals surface area contributed by atoms with Crippen molar-refractivity contribution in [2.24, 2.45) is 5.92 Å². The molecule has 0 bridgehead atoms. The molecular weight excluding hydrogens is 264 g/mol. The Hall–Kier alpha value is -0.160. The second-order valence-corrected chi connectivity index (χ2v) is 6.73. The van der Waals surface area contributed by atoms with Gasteiger partial charge in [0, 0.05) is 32.8 Å². The van der Waals surface area contributed by atoms with Gasteiger partial charge in [0.2, 0.25) is 0 Å². The summed E-state index contributed by atoms with van der Waals surface area (Å²) in [6.07, 6.45) is 7.24. The van der Waals surface area contributed by atoms with Gasteiger partial charge in [-0.3, -0.25) is 4.90 Å². The fourth-order valence-electron chi connectivity index (χ4n) is 3.31. The Morgan fingerprint density at radius 1 is 1.24 bits per heavy atom. The summed E-state index contributed by atoms with van der Waals surface area (Å²) in [5.74, 6) is 0.908. The lowest BCUT2D eigenvalue weighted by Gasteiger charge is -2.31. The first-order valence-electron chi connectivity index (χ1n) is 8.83. The molecule has 3 unspecified atom stereocenters. The summed E-state index contributed by atoms with van der Waals surface area (Å²) in [5.41, 5.74) is 0. The first-order valence-corrected chi connectivity index (χ1v) is 8.83. The van der Waals surface area contributed by atoms with Crippen LogP contribution >= 0.6 is 0 Å². The lowest BCUT2D eigenvalue weighted by Crippen LogP contribution is -2.42. The maximum absolute atomic E-state index is 6.22. The number of nitrogens with one attached hydrogen (secondary N) is 1. The molecule has 4 nitrogen and oxygen atoms in total. The van der Waals surface area contributed by atoms with E-state index < -0.39 is 0 Å². The molecule has 2 rings (SSSR count). The van der Waals surface area contributed by atoms with Crippen molar-refractivity contribution in [1.82, 2.24) is 10.2 Å². The lowest BCUT2D eigenvalue weighted by molar-refractivity contribution is 0.00768. The molecule has 1 heterocycles. The van der Waals surface area contributed by atoms with Crippen LogP contribution in [-0.4, -0.2) is 63.0 Å². The second kappa shape index (κ2) is 9.09. The molecule has 0 aromatic carbocycles. The Morgan fingerprint density at radius 2 is 2.00 bits per heavy atom. The third kappa shape index (κ3) is 5.85. The maximum atomic E-state index is 6.22. The molecule has 1 saturated heterocycles. The smallest absolute Gasteiger partial charge is 0.0707 e. The van der Waals surface area contributed by atoms with E-state index in [0.29, 0.717) is 18.2 Å². The monoisotopic (exact) mass is 298 g/mol. The van der Waals surface area contributed by atoms with Crippen molar-refractivity contribution in [3.8, 4) is 0 Å². The van der Waals surface area contributed by atoms with Gasteiger partial charge in [-0.15, -0.1) is 0 Å². The highest BCUT2D eigenvalue weighted by Crippen LogP contribution is 2.35. The number of ether oxygens (including phenoxy) is 2. The van der Waals surface area contributed by atoms with E-state index in [2.05, 4.69) is 24.1 Å². The first kappa shape index (κ1) is 17.2. The van der Waals surface area contributed by atoms with Gasteiger partial charge in [-0.05, 0) is 51.5 Å². The Kier molecular flexibility index (Phi) is 7.44. The summed E-state index contributed by atoms with van der Waals surface area (Å²) in [7, 11) is 1.79. The van der Waals surface area contributed by atoms with Crippen molar-refractivity contribution in [3.63, 3.8) is 0 Å². The molecule has 2 fully saturated rings. The number of hydrogen-bond donors (Lipinski definition) is 1. The van der Waals surface area contributed by atoms with E-state index in [4.69, 9.17) is 9.47 Å². The molecule has 0 radical (unpaired) electrons. The molecule has 0 aromatic heterocycles. The first-order chi connectivity index (χ1) is 10.2. The second-order valence-electron chi connectivity index (χ2n) is 6.73. The van der Waals surface area contributed by atoms with Gasteiger partial charge in [-0.2, -0.15) is 0 Å². The fourth-order valence-corrected chi connectivity index (χ4v) is 3.31. The standard InChI is InChI=1S/C17H34N2O2/c1-4-9-18-12-16-7-8-17(21-16)13-19(10-11-20-3)14(2)15-5-6-15/h14-18H,4-13H2,1-3H3. The molecule has 1 N–H and O–H groups in total. The van der Waals surface area contributed by atoms with Crippen molar-refractivity contribution in [2.45, 2.75) is 64.2 Å². The van der Waals surface area contributed by atoms with Crippen LogP contribution in [0.3, 0.4) is 0 Å². The summed E-state index contributed by atoms with van der Waals surface area (Å²) < 4.78 is 11.5. The van der Waals surface area contributed by atoms with Gasteiger partial charge in [0.15, 0.2) is 0 Å². The predicted octanol–water partition coefficient (Wildman–Crippen LogP) is 2.28. The zero-order chi connectivity index (χ0) is 15.1. The van der Waals surface area contributed by atoms with Crippen LogP contribution in [0.15, 0.2) is 0 Å². The number of rotatable bonds is 11. The summed E-state index contributed by atoms with van der Waals surface area (Å²) in [5, 5.41) is 3.48. The predicted molar refractivity (Wildman–Crippen MR) is 86.7 cm³/mol. The van der Waals surface area contributed by atoms with Gasteiger partial charge in [0.1, 0.15) is 0 Å². The number of methoxy groups -OCH3 is 1. The molecule has 21 heavy (non-hydrogen) atoms. The van der Waals surface area contributed by atoms with Crippen molar-refractivity contribution in [1.29, 1.82) is 0 Å². The summed E-state index contributed by atoms with van der Waals surface area (Å²) in [4.78, 5) is 2.59. The molecule has 124 valence electrons. The molecule has 0 amide bonds. The van der Waals surface area contributed by atoms with Crippen molar-refractivity contribution < 1.29 is 9.47 Å². The van der Waals surface area contributed by atoms with Crippen LogP contribution in [0.2, 0.25) is 0 Å². The minimum Gasteiger partial charge on any atom is -0.383 e. The van der Waals surface area contributed by atoms with Gasteiger partial charge in [0.25, 0.3) is 0 Å². The Bertz CT molecular complexity index is 284. The van der Waals surface area contributed by atoms with E-state index in [1.54, 1.807) is 7.11 Å². The largest absolute Gasteiger partial charge is 0.383 e. The molecule has 3 atom stereocenters. The molecule has 1 saturated carbocycles. The minimum absolute atomic E-state index is 0.413. The highest BCUT2D eigenvalue weighted by Gasteiger charge is 2.34. The highest BCUT2D eigenvalue weighted by atomic mass is 16.5. The Morgan fingerprint density at radius 3 is 2.67 bits per heavy atom. The average molecular weight is 298 g/mol. The molecule has 1 aliphatic carbocycles. The van der Waals surface area contributed by atoms with E-state index in [1.165, 1.54) is 32.1 Å². The third-order valence-electron chi connectivity index (χ3n) is 4.90. The normalized spacial score (nSPS) is 27.4. The SMILES string of the molecule is CCCNCC1CCC(CN(CCOC)C(C)C2CC2)O1. The summed E-state index contributed by atoms with van der Waals surface area (Å²) in [6.45, 7) is 9.63. The highest BCUT2D eigenvalue weighted by molar-refractivity contribution is 4.87. The van der Waals surface area contributed by atoms with E-state index in [1.807, 2.05) is 0 Å². The average Bonchev–Trinajstić information content (AvgIpc) is 3.24. The third-order valence-corrected chi connectivity index (χ3v) is 4.90. The van der Waals surface area contributed by atoms with Crippen molar-refractivity contribution in [2.75, 3.05) is 39.9 Å². The molecule has 0 spiro atoms. The quantitative estimate of drug-likeness (QED) is 0.593. The molecule has 2 aliphatic rings. The van der Waals surface area contributed by atoms with Crippen LogP contribution in [0.4, 0.5) is 0 Å². The van der Waals surface area contributed by atoms with E-state index >= 15 is 0 Å². The van der Waals surface area contributed by atoms with Gasteiger partial charge in [-0.1, -0.05) is 6.92 Å². The van der Waals surface area contributed by atoms with Crippen LogP contribution in [0.5, 0.6) is 0 Å². The molecule has 0 aromatic rings. The van der Waals surface area contributed by atoms with Crippen LogP contribution in [0.1, 0.15) is 46.0 Å². The van der Waals surface area contributed by atoms with Crippen molar-refractivity contribution in [3.05, 3.63) is 0 Å². The van der Waals surface area contributed by atoms with Gasteiger partial charge in [-0.25, -0.2) is 0 Å². The number of hydrogen-bond acceptors (Lipinski definition) is 4. The fraction of sp³-hybridized carbons (Fsp3) is 1.00. The Labute approximate surface area is 130 Å². The van der Waals surface area contributed by atoms with Gasteiger partial charge in [0.05, 0.1) is 18.8 Å². The van der Waals surface area contributed by atoms with Crippen molar-refractivity contribution >= 4 is 0 Å². The molecule has 1 aliphatic heterocycles. The topological polar surface area (TPSA) is 33.7 Å². The van der Waals surface area contributed by atoms with E-state index in [0.717, 1.165) is 38.7 Å². The lowest BCUT2D eigenvalue weighted by atomic mass is 10.1. The van der Waals surface area contributed by atoms with Crippen LogP contribution in [0.25, 0.3) is 0 Å².